The van der Waals surface area contributed by atoms with Gasteiger partial charge in [-0.15, -0.1) is 11.3 Å². The number of ether oxygens (including phenoxy) is 1. The molecular weight excluding hydrogens is 322 g/mol. The van der Waals surface area contributed by atoms with Crippen molar-refractivity contribution in [2.45, 2.75) is 19.3 Å². The molecule has 2 aromatic rings. The van der Waals surface area contributed by atoms with Crippen molar-refractivity contribution < 1.29 is 9.53 Å². The number of rotatable bonds is 4. The van der Waals surface area contributed by atoms with Crippen LogP contribution in [0.25, 0.3) is 11.3 Å². The van der Waals surface area contributed by atoms with Gasteiger partial charge in [-0.1, -0.05) is 30.3 Å². The summed E-state index contributed by atoms with van der Waals surface area (Å²) < 4.78 is 5.57. The van der Waals surface area contributed by atoms with Crippen LogP contribution >= 0.6 is 11.3 Å². The van der Waals surface area contributed by atoms with Gasteiger partial charge in [-0.3, -0.25) is 5.32 Å². The Morgan fingerprint density at radius 2 is 1.92 bits per heavy atom. The van der Waals surface area contributed by atoms with Gasteiger partial charge in [-0.25, -0.2) is 9.78 Å². The van der Waals surface area contributed by atoms with E-state index in [1.54, 1.807) is 5.51 Å². The number of piperidine rings is 3. The minimum Gasteiger partial charge on any atom is -0.449 e. The zero-order chi connectivity index (χ0) is 16.4. The van der Waals surface area contributed by atoms with E-state index in [9.17, 15) is 4.79 Å². The molecule has 3 aliphatic rings. The summed E-state index contributed by atoms with van der Waals surface area (Å²) in [5, 5.41) is 3.61. The average Bonchev–Trinajstić information content (AvgIpc) is 3.10. The molecule has 5 rings (SSSR count). The number of benzene rings is 1. The van der Waals surface area contributed by atoms with Crippen LogP contribution in [0.3, 0.4) is 0 Å². The van der Waals surface area contributed by atoms with Crippen LogP contribution < -0.4 is 5.32 Å². The van der Waals surface area contributed by atoms with Crippen LogP contribution in [-0.2, 0) is 4.74 Å². The molecule has 0 spiro atoms. The number of anilines is 1. The first-order valence-corrected chi connectivity index (χ1v) is 9.27. The Labute approximate surface area is 145 Å². The number of nitrogens with one attached hydrogen (secondary N) is 1. The van der Waals surface area contributed by atoms with E-state index in [1.165, 1.54) is 11.3 Å². The van der Waals surface area contributed by atoms with Crippen molar-refractivity contribution in [2.75, 3.05) is 31.6 Å². The number of carbonyl (C=O) groups excluding carboxylic acids is 1. The van der Waals surface area contributed by atoms with Crippen molar-refractivity contribution >= 4 is 22.4 Å². The predicted molar refractivity (Wildman–Crippen MR) is 95.2 cm³/mol. The summed E-state index contributed by atoms with van der Waals surface area (Å²) in [6.07, 6.45) is 3.03. The van der Waals surface area contributed by atoms with Crippen LogP contribution in [0.2, 0.25) is 0 Å². The van der Waals surface area contributed by atoms with Gasteiger partial charge < -0.3 is 9.64 Å². The molecule has 1 N–H and O–H groups in total. The van der Waals surface area contributed by atoms with Gasteiger partial charge in [0.15, 0.2) is 0 Å². The lowest BCUT2D eigenvalue weighted by Gasteiger charge is -2.47. The smallest absolute Gasteiger partial charge is 0.412 e. The largest absolute Gasteiger partial charge is 0.449 e. The number of amides is 1. The van der Waals surface area contributed by atoms with Crippen LogP contribution in [0, 0.1) is 5.41 Å². The Bertz CT molecular complexity index is 694. The van der Waals surface area contributed by atoms with Crippen molar-refractivity contribution in [1.82, 2.24) is 9.88 Å². The predicted octanol–water partition coefficient (Wildman–Crippen LogP) is 3.84. The number of carbonyl (C=O) groups is 1. The van der Waals surface area contributed by atoms with E-state index in [4.69, 9.17) is 4.74 Å². The van der Waals surface area contributed by atoms with Crippen LogP contribution in [-0.4, -0.2) is 42.2 Å². The molecule has 24 heavy (non-hydrogen) atoms. The molecule has 126 valence electrons. The Morgan fingerprint density at radius 1 is 1.21 bits per heavy atom. The summed E-state index contributed by atoms with van der Waals surface area (Å²) in [5.41, 5.74) is 3.73. The van der Waals surface area contributed by atoms with Crippen molar-refractivity contribution in [3.63, 3.8) is 0 Å². The molecule has 1 aromatic carbocycles. The lowest BCUT2D eigenvalue weighted by molar-refractivity contribution is -0.0189. The van der Waals surface area contributed by atoms with Crippen molar-refractivity contribution in [2.24, 2.45) is 5.41 Å². The highest BCUT2D eigenvalue weighted by Gasteiger charge is 2.40. The maximum Gasteiger partial charge on any atom is 0.412 e. The molecular formula is C18H21N3O2S. The number of hydrogen-bond donors (Lipinski definition) is 1. The topological polar surface area (TPSA) is 54.5 Å². The summed E-state index contributed by atoms with van der Waals surface area (Å²) in [4.78, 5) is 19.1. The van der Waals surface area contributed by atoms with Gasteiger partial charge in [-0.05, 0) is 38.9 Å². The van der Waals surface area contributed by atoms with E-state index in [0.717, 1.165) is 55.2 Å². The number of aromatic nitrogens is 1. The van der Waals surface area contributed by atoms with E-state index in [1.807, 2.05) is 30.3 Å². The molecule has 3 fully saturated rings. The second-order valence-electron chi connectivity index (χ2n) is 6.69. The zero-order valence-electron chi connectivity index (χ0n) is 13.5. The summed E-state index contributed by atoms with van der Waals surface area (Å²) in [6.45, 7) is 3.93. The van der Waals surface area contributed by atoms with Crippen molar-refractivity contribution in [3.05, 3.63) is 35.8 Å². The zero-order valence-corrected chi connectivity index (χ0v) is 14.3. The minimum atomic E-state index is -0.376. The van der Waals surface area contributed by atoms with Crippen molar-refractivity contribution in [3.8, 4) is 11.3 Å². The molecule has 2 bridgehead atoms. The second-order valence-corrected chi connectivity index (χ2v) is 7.54. The second kappa shape index (κ2) is 6.53. The summed E-state index contributed by atoms with van der Waals surface area (Å²) in [7, 11) is 0. The summed E-state index contributed by atoms with van der Waals surface area (Å²) >= 11 is 1.42. The molecule has 0 saturated carbocycles. The van der Waals surface area contributed by atoms with E-state index in [2.05, 4.69) is 15.2 Å². The third-order valence-corrected chi connectivity index (χ3v) is 5.96. The monoisotopic (exact) mass is 343 g/mol. The fourth-order valence-corrected chi connectivity index (χ4v) is 4.28. The maximum absolute atomic E-state index is 12.2. The summed E-state index contributed by atoms with van der Waals surface area (Å²) in [5.74, 6) is 0. The van der Waals surface area contributed by atoms with Crippen molar-refractivity contribution in [1.29, 1.82) is 0 Å². The standard InChI is InChI=1S/C18H21N3O2S/c22-17(23-12-18-6-9-21(10-7-18)11-8-18)20-16-15(19-13-24-16)14-4-2-1-3-5-14/h1-5,13H,6-12H2,(H,20,22). The molecule has 0 atom stereocenters. The van der Waals surface area contributed by atoms with E-state index in [-0.39, 0.29) is 11.5 Å². The van der Waals surface area contributed by atoms with Gasteiger partial charge in [0.05, 0.1) is 12.1 Å². The molecule has 0 unspecified atom stereocenters. The van der Waals surface area contributed by atoms with Gasteiger partial charge in [0, 0.05) is 11.0 Å². The Morgan fingerprint density at radius 3 is 2.62 bits per heavy atom. The molecule has 3 saturated heterocycles. The SMILES string of the molecule is O=C(Nc1scnc1-c1ccccc1)OCC12CCN(CC1)CC2. The summed E-state index contributed by atoms with van der Waals surface area (Å²) in [6, 6.07) is 9.86. The van der Waals surface area contributed by atoms with E-state index in [0.29, 0.717) is 6.61 Å². The molecule has 5 nitrogen and oxygen atoms in total. The van der Waals surface area contributed by atoms with Gasteiger partial charge in [0.25, 0.3) is 0 Å². The first-order chi connectivity index (χ1) is 11.7. The normalized spacial score (nSPS) is 25.4. The average molecular weight is 343 g/mol. The highest BCUT2D eigenvalue weighted by atomic mass is 32.1. The van der Waals surface area contributed by atoms with Crippen LogP contribution in [0.5, 0.6) is 0 Å². The first-order valence-electron chi connectivity index (χ1n) is 8.39. The van der Waals surface area contributed by atoms with Crippen LogP contribution in [0.4, 0.5) is 9.80 Å². The molecule has 1 aromatic heterocycles. The third-order valence-electron chi connectivity index (χ3n) is 5.21. The molecule has 3 aliphatic heterocycles. The lowest BCUT2D eigenvalue weighted by Crippen LogP contribution is -2.50. The fourth-order valence-electron chi connectivity index (χ4n) is 3.60. The van der Waals surface area contributed by atoms with E-state index >= 15 is 0 Å². The molecule has 4 heterocycles. The number of hydrogen-bond acceptors (Lipinski definition) is 5. The minimum absolute atomic E-state index is 0.196. The Hall–Kier alpha value is -1.92. The maximum atomic E-state index is 12.2. The third kappa shape index (κ3) is 3.16. The van der Waals surface area contributed by atoms with Gasteiger partial charge in [0.2, 0.25) is 0 Å². The number of thiazole rings is 1. The van der Waals surface area contributed by atoms with Crippen LogP contribution in [0.15, 0.2) is 35.8 Å². The van der Waals surface area contributed by atoms with Gasteiger partial charge in [-0.2, -0.15) is 0 Å². The quantitative estimate of drug-likeness (QED) is 0.916. The molecule has 0 radical (unpaired) electrons. The fraction of sp³-hybridized carbons (Fsp3) is 0.444. The lowest BCUT2D eigenvalue weighted by atomic mass is 9.73. The first kappa shape index (κ1) is 15.6. The van der Waals surface area contributed by atoms with Gasteiger partial charge in [0.1, 0.15) is 10.7 Å². The van der Waals surface area contributed by atoms with Gasteiger partial charge >= 0.3 is 6.09 Å². The van der Waals surface area contributed by atoms with E-state index < -0.39 is 0 Å². The Kier molecular flexibility index (Phi) is 4.24. The van der Waals surface area contributed by atoms with Crippen LogP contribution in [0.1, 0.15) is 19.3 Å². The number of fused-ring (bicyclic) bond motifs is 3. The molecule has 0 aliphatic carbocycles. The Balaban J connectivity index is 1.38. The number of nitrogens with zero attached hydrogens (tertiary/aromatic N) is 2. The molecule has 1 amide bonds. The molecule has 6 heteroatoms. The highest BCUT2D eigenvalue weighted by Crippen LogP contribution is 2.40. The highest BCUT2D eigenvalue weighted by molar-refractivity contribution is 7.14.